The number of nitrogens with zero attached hydrogens (tertiary/aromatic N) is 5. The summed E-state index contributed by atoms with van der Waals surface area (Å²) < 4.78 is 7.28. The summed E-state index contributed by atoms with van der Waals surface area (Å²) in [4.78, 5) is 21.3. The molecule has 2 aromatic heterocycles. The van der Waals surface area contributed by atoms with Crippen molar-refractivity contribution in [2.45, 2.75) is 0 Å². The van der Waals surface area contributed by atoms with Gasteiger partial charge in [-0.15, -0.1) is 5.10 Å². The van der Waals surface area contributed by atoms with Crippen LogP contribution in [0.4, 0.5) is 5.82 Å². The Morgan fingerprint density at radius 1 is 1.37 bits per heavy atom. The topological polar surface area (TPSA) is 92.8 Å². The van der Waals surface area contributed by atoms with Crippen LogP contribution in [0.25, 0.3) is 5.65 Å². The molecular weight excluding hydrogens is 318 g/mol. The predicted octanol–water partition coefficient (Wildman–Crippen LogP) is 0.422. The monoisotopic (exact) mass is 327 g/mol. The SMILES string of the molecule is O=C(O)c1nc2c(N3CCOCC3)nc(Br)cn2n1. The van der Waals surface area contributed by atoms with Gasteiger partial charge in [-0.1, -0.05) is 0 Å². The molecule has 8 nitrogen and oxygen atoms in total. The van der Waals surface area contributed by atoms with E-state index in [0.717, 1.165) is 0 Å². The van der Waals surface area contributed by atoms with Gasteiger partial charge in [0.15, 0.2) is 11.5 Å². The maximum atomic E-state index is 10.9. The summed E-state index contributed by atoms with van der Waals surface area (Å²) in [5.74, 6) is -0.792. The Morgan fingerprint density at radius 3 is 2.79 bits per heavy atom. The Balaban J connectivity index is 2.13. The highest BCUT2D eigenvalue weighted by Crippen LogP contribution is 2.21. The van der Waals surface area contributed by atoms with Crippen LogP contribution in [0, 0.1) is 0 Å². The molecule has 0 aliphatic carbocycles. The molecule has 0 atom stereocenters. The molecular formula is C10H10BrN5O3. The third-order valence-electron chi connectivity index (χ3n) is 2.77. The number of carbonyl (C=O) groups is 1. The van der Waals surface area contributed by atoms with Crippen molar-refractivity contribution in [3.05, 3.63) is 16.6 Å². The van der Waals surface area contributed by atoms with Crippen LogP contribution in [0.2, 0.25) is 0 Å². The zero-order valence-electron chi connectivity index (χ0n) is 9.78. The van der Waals surface area contributed by atoms with Gasteiger partial charge in [-0.2, -0.15) is 4.98 Å². The van der Waals surface area contributed by atoms with Gasteiger partial charge >= 0.3 is 5.97 Å². The number of hydrogen-bond acceptors (Lipinski definition) is 6. The number of hydrogen-bond donors (Lipinski definition) is 1. The summed E-state index contributed by atoms with van der Waals surface area (Å²) in [5.41, 5.74) is 0.433. The van der Waals surface area contributed by atoms with E-state index < -0.39 is 5.97 Å². The molecule has 0 spiro atoms. The normalized spacial score (nSPS) is 15.9. The van der Waals surface area contributed by atoms with E-state index in [0.29, 0.717) is 42.4 Å². The first kappa shape index (κ1) is 12.3. The van der Waals surface area contributed by atoms with Gasteiger partial charge in [-0.25, -0.2) is 14.3 Å². The summed E-state index contributed by atoms with van der Waals surface area (Å²) in [5, 5.41) is 12.9. The van der Waals surface area contributed by atoms with E-state index >= 15 is 0 Å². The Bertz CT molecular complexity index is 637. The number of fused-ring (bicyclic) bond motifs is 1. The van der Waals surface area contributed by atoms with Crippen molar-refractivity contribution in [2.75, 3.05) is 31.2 Å². The summed E-state index contributed by atoms with van der Waals surface area (Å²) in [6.07, 6.45) is 1.58. The van der Waals surface area contributed by atoms with E-state index in [1.165, 1.54) is 4.52 Å². The highest BCUT2D eigenvalue weighted by molar-refractivity contribution is 9.10. The van der Waals surface area contributed by atoms with Gasteiger partial charge in [0.2, 0.25) is 0 Å². The molecule has 1 aliphatic rings. The second kappa shape index (κ2) is 4.74. The van der Waals surface area contributed by atoms with Crippen LogP contribution in [-0.2, 0) is 4.74 Å². The van der Waals surface area contributed by atoms with Crippen molar-refractivity contribution in [1.82, 2.24) is 19.6 Å². The van der Waals surface area contributed by atoms with Gasteiger partial charge in [0, 0.05) is 13.1 Å². The maximum Gasteiger partial charge on any atom is 0.375 e. The fourth-order valence-electron chi connectivity index (χ4n) is 1.92. The first-order chi connectivity index (χ1) is 9.15. The van der Waals surface area contributed by atoms with Crippen molar-refractivity contribution >= 4 is 33.4 Å². The van der Waals surface area contributed by atoms with Crippen LogP contribution in [0.3, 0.4) is 0 Å². The highest BCUT2D eigenvalue weighted by atomic mass is 79.9. The lowest BCUT2D eigenvalue weighted by Gasteiger charge is -2.27. The number of aromatic nitrogens is 4. The standard InChI is InChI=1S/C10H10BrN5O3/c11-6-5-16-9(13-7(14-16)10(17)18)8(12-6)15-1-3-19-4-2-15/h5H,1-4H2,(H,17,18). The third kappa shape index (κ3) is 2.26. The summed E-state index contributed by atoms with van der Waals surface area (Å²) in [6, 6.07) is 0. The second-order valence-corrected chi connectivity index (χ2v) is 4.81. The van der Waals surface area contributed by atoms with Crippen LogP contribution < -0.4 is 4.90 Å². The first-order valence-corrected chi connectivity index (χ1v) is 6.43. The molecule has 0 radical (unpaired) electrons. The first-order valence-electron chi connectivity index (χ1n) is 5.64. The minimum absolute atomic E-state index is 0.241. The van der Waals surface area contributed by atoms with Crippen molar-refractivity contribution in [2.24, 2.45) is 0 Å². The number of rotatable bonds is 2. The van der Waals surface area contributed by atoms with Gasteiger partial charge in [-0.05, 0) is 15.9 Å². The average molecular weight is 328 g/mol. The van der Waals surface area contributed by atoms with E-state index in [1.54, 1.807) is 6.20 Å². The molecule has 2 aromatic rings. The van der Waals surface area contributed by atoms with E-state index in [9.17, 15) is 4.79 Å². The quantitative estimate of drug-likeness (QED) is 0.854. The lowest BCUT2D eigenvalue weighted by atomic mass is 10.4. The summed E-state index contributed by atoms with van der Waals surface area (Å²) in [6.45, 7) is 2.60. The number of halogens is 1. The van der Waals surface area contributed by atoms with E-state index in [1.807, 2.05) is 4.90 Å². The minimum Gasteiger partial charge on any atom is -0.475 e. The number of carboxylic acids is 1. The van der Waals surface area contributed by atoms with Crippen LogP contribution in [-0.4, -0.2) is 57.0 Å². The molecule has 1 N–H and O–H groups in total. The Labute approximate surface area is 116 Å². The van der Waals surface area contributed by atoms with Gasteiger partial charge in [0.05, 0.1) is 19.4 Å². The molecule has 100 valence electrons. The third-order valence-corrected chi connectivity index (χ3v) is 3.16. The number of ether oxygens (including phenoxy) is 1. The zero-order valence-corrected chi connectivity index (χ0v) is 11.4. The van der Waals surface area contributed by atoms with E-state index in [4.69, 9.17) is 9.84 Å². The lowest BCUT2D eigenvalue weighted by Crippen LogP contribution is -2.37. The maximum absolute atomic E-state index is 10.9. The van der Waals surface area contributed by atoms with Gasteiger partial charge in [0.1, 0.15) is 4.60 Å². The molecule has 3 heterocycles. The molecule has 0 bridgehead atoms. The minimum atomic E-state index is -1.16. The molecule has 1 aliphatic heterocycles. The van der Waals surface area contributed by atoms with E-state index in [-0.39, 0.29) is 5.82 Å². The molecule has 0 aromatic carbocycles. The Kier molecular flexibility index (Phi) is 3.07. The number of anilines is 1. The molecule has 1 saturated heterocycles. The molecule has 0 saturated carbocycles. The van der Waals surface area contributed by atoms with Crippen LogP contribution >= 0.6 is 15.9 Å². The van der Waals surface area contributed by atoms with Crippen molar-refractivity contribution < 1.29 is 14.6 Å². The van der Waals surface area contributed by atoms with Gasteiger partial charge in [0.25, 0.3) is 5.82 Å². The fourth-order valence-corrected chi connectivity index (χ4v) is 2.29. The smallest absolute Gasteiger partial charge is 0.375 e. The van der Waals surface area contributed by atoms with Gasteiger partial charge < -0.3 is 14.7 Å². The molecule has 9 heteroatoms. The highest BCUT2D eigenvalue weighted by Gasteiger charge is 2.20. The Morgan fingerprint density at radius 2 is 2.11 bits per heavy atom. The molecule has 3 rings (SSSR count). The average Bonchev–Trinajstić information content (AvgIpc) is 2.82. The number of aromatic carboxylic acids is 1. The van der Waals surface area contributed by atoms with Crippen molar-refractivity contribution in [3.63, 3.8) is 0 Å². The Hall–Kier alpha value is -1.74. The van der Waals surface area contributed by atoms with Crippen LogP contribution in [0.15, 0.2) is 10.8 Å². The number of carboxylic acid groups (broad SMARTS) is 1. The molecule has 0 amide bonds. The molecule has 1 fully saturated rings. The molecule has 0 unspecified atom stereocenters. The largest absolute Gasteiger partial charge is 0.475 e. The fraction of sp³-hybridized carbons (Fsp3) is 0.400. The van der Waals surface area contributed by atoms with Crippen LogP contribution in [0.1, 0.15) is 10.6 Å². The van der Waals surface area contributed by atoms with Crippen molar-refractivity contribution in [3.8, 4) is 0 Å². The summed E-state index contributed by atoms with van der Waals surface area (Å²) in [7, 11) is 0. The zero-order chi connectivity index (χ0) is 13.4. The second-order valence-electron chi connectivity index (χ2n) is 4.00. The summed E-state index contributed by atoms with van der Waals surface area (Å²) >= 11 is 3.29. The van der Waals surface area contributed by atoms with Crippen LogP contribution in [0.5, 0.6) is 0 Å². The lowest BCUT2D eigenvalue weighted by molar-refractivity contribution is 0.0684. The van der Waals surface area contributed by atoms with Gasteiger partial charge in [-0.3, -0.25) is 0 Å². The van der Waals surface area contributed by atoms with Crippen molar-refractivity contribution in [1.29, 1.82) is 0 Å². The van der Waals surface area contributed by atoms with E-state index in [2.05, 4.69) is 31.0 Å². The predicted molar refractivity (Wildman–Crippen MR) is 68.5 cm³/mol. The number of morpholine rings is 1. The molecule has 19 heavy (non-hydrogen) atoms.